The second-order valence-corrected chi connectivity index (χ2v) is 2.57. The van der Waals surface area contributed by atoms with E-state index in [4.69, 9.17) is 6.42 Å². The first-order valence-corrected chi connectivity index (χ1v) is 3.32. The van der Waals surface area contributed by atoms with Crippen LogP contribution in [0.4, 0.5) is 0 Å². The van der Waals surface area contributed by atoms with Gasteiger partial charge in [0, 0.05) is 19.1 Å². The van der Waals surface area contributed by atoms with E-state index in [1.807, 2.05) is 0 Å². The van der Waals surface area contributed by atoms with Gasteiger partial charge in [-0.1, -0.05) is 11.8 Å². The van der Waals surface area contributed by atoms with Gasteiger partial charge in [0.05, 0.1) is 0 Å². The van der Waals surface area contributed by atoms with Crippen molar-refractivity contribution in [3.8, 4) is 12.3 Å². The van der Waals surface area contributed by atoms with Crippen molar-refractivity contribution >= 4 is 16.9 Å². The molecule has 0 N–H and O–H groups in total. The fourth-order valence-corrected chi connectivity index (χ4v) is 0.761. The molecule has 8 heavy (non-hydrogen) atoms. The van der Waals surface area contributed by atoms with Gasteiger partial charge in [-0.2, -0.15) is 0 Å². The highest BCUT2D eigenvalue weighted by Gasteiger charge is 1.89. The highest BCUT2D eigenvalue weighted by atomic mass is 32.2. The van der Waals surface area contributed by atoms with Crippen molar-refractivity contribution in [2.75, 3.05) is 5.75 Å². The van der Waals surface area contributed by atoms with Crippen molar-refractivity contribution in [2.45, 2.75) is 13.3 Å². The van der Waals surface area contributed by atoms with E-state index in [9.17, 15) is 4.79 Å². The average molecular weight is 128 g/mol. The third kappa shape index (κ3) is 5.58. The van der Waals surface area contributed by atoms with Crippen molar-refractivity contribution in [3.05, 3.63) is 0 Å². The molecule has 0 aliphatic carbocycles. The number of carbonyl (C=O) groups excluding carboxylic acids is 1. The molecular weight excluding hydrogens is 120 g/mol. The first-order chi connectivity index (χ1) is 3.77. The summed E-state index contributed by atoms with van der Waals surface area (Å²) in [5.41, 5.74) is 0. The molecule has 0 aliphatic rings. The Morgan fingerprint density at radius 1 is 1.88 bits per heavy atom. The van der Waals surface area contributed by atoms with Gasteiger partial charge >= 0.3 is 0 Å². The van der Waals surface area contributed by atoms with Crippen LogP contribution in [0.15, 0.2) is 0 Å². The van der Waals surface area contributed by atoms with Gasteiger partial charge in [-0.25, -0.2) is 0 Å². The Labute approximate surface area is 53.8 Å². The van der Waals surface area contributed by atoms with Crippen LogP contribution < -0.4 is 0 Å². The number of rotatable bonds is 2. The second kappa shape index (κ2) is 4.73. The zero-order chi connectivity index (χ0) is 6.41. The molecule has 0 heterocycles. The Kier molecular flexibility index (Phi) is 4.48. The summed E-state index contributed by atoms with van der Waals surface area (Å²) in [4.78, 5) is 10.2. The van der Waals surface area contributed by atoms with E-state index in [1.165, 1.54) is 11.8 Å². The van der Waals surface area contributed by atoms with Gasteiger partial charge in [-0.15, -0.1) is 12.3 Å². The minimum atomic E-state index is 0.139. The van der Waals surface area contributed by atoms with Gasteiger partial charge in [0.2, 0.25) is 0 Å². The molecular formula is C6H8OS. The molecule has 0 radical (unpaired) electrons. The fraction of sp³-hybridized carbons (Fsp3) is 0.500. The minimum Gasteiger partial charge on any atom is -0.288 e. The van der Waals surface area contributed by atoms with Crippen LogP contribution in [0, 0.1) is 12.3 Å². The highest BCUT2D eigenvalue weighted by Crippen LogP contribution is 2.01. The number of hydrogen-bond acceptors (Lipinski definition) is 2. The zero-order valence-corrected chi connectivity index (χ0v) is 5.62. The van der Waals surface area contributed by atoms with E-state index in [1.54, 1.807) is 6.92 Å². The maximum Gasteiger partial charge on any atom is 0.185 e. The molecule has 44 valence electrons. The van der Waals surface area contributed by atoms with Crippen LogP contribution in [0.5, 0.6) is 0 Å². The topological polar surface area (TPSA) is 17.1 Å². The van der Waals surface area contributed by atoms with Crippen LogP contribution in [0.3, 0.4) is 0 Å². The quantitative estimate of drug-likeness (QED) is 0.412. The van der Waals surface area contributed by atoms with Gasteiger partial charge < -0.3 is 0 Å². The van der Waals surface area contributed by atoms with Gasteiger partial charge in [-0.3, -0.25) is 4.79 Å². The Bertz CT molecular complexity index is 112. The van der Waals surface area contributed by atoms with Crippen molar-refractivity contribution in [1.82, 2.24) is 0 Å². The number of hydrogen-bond donors (Lipinski definition) is 0. The molecule has 0 aromatic heterocycles. The zero-order valence-electron chi connectivity index (χ0n) is 4.81. The summed E-state index contributed by atoms with van der Waals surface area (Å²) >= 11 is 1.27. The predicted molar refractivity (Wildman–Crippen MR) is 36.6 cm³/mol. The lowest BCUT2D eigenvalue weighted by atomic mass is 10.5. The third-order valence-corrected chi connectivity index (χ3v) is 1.37. The van der Waals surface area contributed by atoms with Gasteiger partial charge in [0.25, 0.3) is 0 Å². The molecule has 0 saturated carbocycles. The highest BCUT2D eigenvalue weighted by molar-refractivity contribution is 8.13. The van der Waals surface area contributed by atoms with E-state index >= 15 is 0 Å². The van der Waals surface area contributed by atoms with Crippen molar-refractivity contribution in [3.63, 3.8) is 0 Å². The van der Waals surface area contributed by atoms with Crippen molar-refractivity contribution in [2.24, 2.45) is 0 Å². The first-order valence-electron chi connectivity index (χ1n) is 2.34. The monoisotopic (exact) mass is 128 g/mol. The molecule has 0 saturated heterocycles. The van der Waals surface area contributed by atoms with Crippen LogP contribution in [0.25, 0.3) is 0 Å². The molecule has 2 heteroatoms. The second-order valence-electron chi connectivity index (χ2n) is 1.29. The summed E-state index contributed by atoms with van der Waals surface area (Å²) in [7, 11) is 0. The van der Waals surface area contributed by atoms with Crippen LogP contribution >= 0.6 is 11.8 Å². The Hall–Kier alpha value is -0.420. The molecule has 0 aliphatic heterocycles. The minimum absolute atomic E-state index is 0.139. The fourth-order valence-electron chi connectivity index (χ4n) is 0.254. The summed E-state index contributed by atoms with van der Waals surface area (Å²) in [6.45, 7) is 1.54. The van der Waals surface area contributed by atoms with Crippen LogP contribution in [-0.2, 0) is 4.79 Å². The summed E-state index contributed by atoms with van der Waals surface area (Å²) in [5.74, 6) is 3.21. The predicted octanol–water partition coefficient (Wildman–Crippen LogP) is 1.29. The SMILES string of the molecule is C#CCCSC(C)=O. The molecule has 0 amide bonds. The smallest absolute Gasteiger partial charge is 0.185 e. The van der Waals surface area contributed by atoms with Crippen LogP contribution in [-0.4, -0.2) is 10.9 Å². The largest absolute Gasteiger partial charge is 0.288 e. The Balaban J connectivity index is 2.97. The van der Waals surface area contributed by atoms with Crippen molar-refractivity contribution in [1.29, 1.82) is 0 Å². The Morgan fingerprint density at radius 2 is 2.50 bits per heavy atom. The lowest BCUT2D eigenvalue weighted by Gasteiger charge is -1.86. The maximum absolute atomic E-state index is 10.2. The number of terminal acetylenes is 1. The van der Waals surface area contributed by atoms with Crippen molar-refractivity contribution < 1.29 is 4.79 Å². The molecule has 0 unspecified atom stereocenters. The van der Waals surface area contributed by atoms with E-state index < -0.39 is 0 Å². The van der Waals surface area contributed by atoms with Crippen LogP contribution in [0.1, 0.15) is 13.3 Å². The molecule has 0 rings (SSSR count). The number of thioether (sulfide) groups is 1. The molecule has 0 aromatic rings. The first kappa shape index (κ1) is 7.58. The van der Waals surface area contributed by atoms with Gasteiger partial charge in [0.15, 0.2) is 5.12 Å². The summed E-state index contributed by atoms with van der Waals surface area (Å²) in [6, 6.07) is 0. The molecule has 0 fully saturated rings. The lowest BCUT2D eigenvalue weighted by Crippen LogP contribution is -1.83. The molecule has 0 atom stereocenters. The normalized spacial score (nSPS) is 8.00. The van der Waals surface area contributed by atoms with E-state index in [2.05, 4.69) is 5.92 Å². The maximum atomic E-state index is 10.2. The van der Waals surface area contributed by atoms with E-state index in [0.717, 1.165) is 5.75 Å². The van der Waals surface area contributed by atoms with Crippen LogP contribution in [0.2, 0.25) is 0 Å². The molecule has 1 nitrogen and oxygen atoms in total. The average Bonchev–Trinajstić information content (AvgIpc) is 1.66. The molecule has 0 aromatic carbocycles. The van der Waals surface area contributed by atoms with Gasteiger partial charge in [0.1, 0.15) is 0 Å². The lowest BCUT2D eigenvalue weighted by molar-refractivity contribution is -0.109. The molecule has 0 spiro atoms. The van der Waals surface area contributed by atoms with E-state index in [0.29, 0.717) is 6.42 Å². The van der Waals surface area contributed by atoms with E-state index in [-0.39, 0.29) is 5.12 Å². The standard InChI is InChI=1S/C6H8OS/c1-3-4-5-8-6(2)7/h1H,4-5H2,2H3. The summed E-state index contributed by atoms with van der Waals surface area (Å²) in [5, 5.41) is 0.139. The third-order valence-electron chi connectivity index (χ3n) is 0.552. The van der Waals surface area contributed by atoms with Gasteiger partial charge in [-0.05, 0) is 0 Å². The molecule has 0 bridgehead atoms. The summed E-state index contributed by atoms with van der Waals surface area (Å²) in [6.07, 6.45) is 5.62. The Morgan fingerprint density at radius 3 is 2.88 bits per heavy atom. The number of carbonyl (C=O) groups is 1. The summed E-state index contributed by atoms with van der Waals surface area (Å²) < 4.78 is 0.